The van der Waals surface area contributed by atoms with Gasteiger partial charge in [-0.3, -0.25) is 4.79 Å². The Morgan fingerprint density at radius 2 is 2.03 bits per heavy atom. The zero-order valence-corrected chi connectivity index (χ0v) is 18.5. The lowest BCUT2D eigenvalue weighted by molar-refractivity contribution is -0.126. The van der Waals surface area contributed by atoms with Crippen molar-refractivity contribution >= 4 is 40.7 Å². The van der Waals surface area contributed by atoms with E-state index in [1.54, 1.807) is 29.2 Å². The molecular weight excluding hydrogens is 441 g/mol. The van der Waals surface area contributed by atoms with E-state index >= 15 is 4.39 Å². The predicted octanol–water partition coefficient (Wildman–Crippen LogP) is 3.94. The number of nitrogens with one attached hydrogen (secondary N) is 1. The number of aromatic nitrogens is 2. The van der Waals surface area contributed by atoms with Crippen LogP contribution in [0.4, 0.5) is 33.2 Å². The van der Waals surface area contributed by atoms with Crippen LogP contribution in [0.3, 0.4) is 0 Å². The normalized spacial score (nSPS) is 17.6. The molecular formula is C24H22FN5O4. The number of carbonyl (C=O) groups is 2. The van der Waals surface area contributed by atoms with E-state index in [0.717, 1.165) is 6.08 Å². The van der Waals surface area contributed by atoms with E-state index in [0.29, 0.717) is 22.9 Å². The van der Waals surface area contributed by atoms with Gasteiger partial charge < -0.3 is 25.0 Å². The summed E-state index contributed by atoms with van der Waals surface area (Å²) in [5.41, 5.74) is -0.917. The first-order valence-electron chi connectivity index (χ1n) is 10.3. The Labute approximate surface area is 195 Å². The third kappa shape index (κ3) is 4.01. The number of halogens is 1. The number of alkyl halides is 1. The largest absolute Gasteiger partial charge is 0.495 e. The second kappa shape index (κ2) is 8.81. The van der Waals surface area contributed by atoms with Gasteiger partial charge in [-0.05, 0) is 36.4 Å². The number of hydrogen-bond acceptors (Lipinski definition) is 7. The molecule has 174 valence electrons. The molecule has 4 rings (SSSR count). The molecule has 1 aliphatic heterocycles. The number of benzene rings is 2. The average molecular weight is 463 g/mol. The number of nitrogens with zero attached hydrogens (tertiary/aromatic N) is 4. The fourth-order valence-electron chi connectivity index (χ4n) is 3.64. The minimum absolute atomic E-state index is 0.0596. The summed E-state index contributed by atoms with van der Waals surface area (Å²) in [5.74, 6) is -1.14. The first kappa shape index (κ1) is 22.7. The van der Waals surface area contributed by atoms with Gasteiger partial charge in [-0.2, -0.15) is 4.98 Å². The number of carboxylic acids is 1. The van der Waals surface area contributed by atoms with E-state index in [1.807, 2.05) is 6.07 Å². The van der Waals surface area contributed by atoms with E-state index in [4.69, 9.17) is 4.74 Å². The van der Waals surface area contributed by atoms with Crippen molar-refractivity contribution in [3.05, 3.63) is 72.9 Å². The van der Waals surface area contributed by atoms with Gasteiger partial charge >= 0.3 is 5.97 Å². The van der Waals surface area contributed by atoms with E-state index in [2.05, 4.69) is 21.9 Å². The number of amides is 1. The molecule has 2 N–H and O–H groups in total. The molecule has 1 atom stereocenters. The number of rotatable bonds is 6. The Balaban J connectivity index is 1.81. The summed E-state index contributed by atoms with van der Waals surface area (Å²) < 4.78 is 21.0. The van der Waals surface area contributed by atoms with Gasteiger partial charge in [0.15, 0.2) is 5.82 Å². The fourth-order valence-corrected chi connectivity index (χ4v) is 3.64. The number of carbonyl (C=O) groups excluding carboxylic acids is 1. The molecule has 2 heterocycles. The van der Waals surface area contributed by atoms with Crippen molar-refractivity contribution in [2.75, 3.05) is 35.8 Å². The van der Waals surface area contributed by atoms with E-state index in [9.17, 15) is 14.7 Å². The molecule has 0 saturated carbocycles. The van der Waals surface area contributed by atoms with Gasteiger partial charge in [0.25, 0.3) is 5.91 Å². The first-order valence-corrected chi connectivity index (χ1v) is 10.3. The Morgan fingerprint density at radius 3 is 2.68 bits per heavy atom. The van der Waals surface area contributed by atoms with Crippen LogP contribution < -0.4 is 19.9 Å². The molecule has 0 spiro atoms. The molecule has 0 bridgehead atoms. The molecule has 10 heteroatoms. The summed E-state index contributed by atoms with van der Waals surface area (Å²) in [6, 6.07) is 13.3. The van der Waals surface area contributed by atoms with E-state index in [-0.39, 0.29) is 23.8 Å². The maximum Gasteiger partial charge on any atom is 0.335 e. The highest BCUT2D eigenvalue weighted by atomic mass is 19.1. The average Bonchev–Trinajstić information content (AvgIpc) is 2.94. The third-order valence-electron chi connectivity index (χ3n) is 5.50. The second-order valence-electron chi connectivity index (χ2n) is 7.60. The Kier molecular flexibility index (Phi) is 5.89. The van der Waals surface area contributed by atoms with Crippen LogP contribution in [-0.2, 0) is 4.79 Å². The molecule has 0 aliphatic carbocycles. The van der Waals surface area contributed by atoms with Crippen LogP contribution in [0.5, 0.6) is 5.75 Å². The lowest BCUT2D eigenvalue weighted by Gasteiger charge is -2.27. The minimum Gasteiger partial charge on any atom is -0.495 e. The second-order valence-corrected chi connectivity index (χ2v) is 7.60. The van der Waals surface area contributed by atoms with E-state index < -0.39 is 17.5 Å². The highest BCUT2D eigenvalue weighted by Gasteiger charge is 2.45. The quantitative estimate of drug-likeness (QED) is 0.530. The molecule has 34 heavy (non-hydrogen) atoms. The van der Waals surface area contributed by atoms with Gasteiger partial charge in [-0.25, -0.2) is 14.2 Å². The molecule has 1 aliphatic rings. The Morgan fingerprint density at radius 1 is 1.29 bits per heavy atom. The number of methoxy groups -OCH3 is 1. The van der Waals surface area contributed by atoms with Crippen molar-refractivity contribution < 1.29 is 23.8 Å². The molecule has 1 unspecified atom stereocenters. The van der Waals surface area contributed by atoms with Crippen molar-refractivity contribution in [3.63, 3.8) is 0 Å². The lowest BCUT2D eigenvalue weighted by atomic mass is 10.0. The Bertz CT molecular complexity index is 1270. The first-order chi connectivity index (χ1) is 16.3. The minimum atomic E-state index is -2.35. The summed E-state index contributed by atoms with van der Waals surface area (Å²) in [4.78, 5) is 35.8. The van der Waals surface area contributed by atoms with Gasteiger partial charge in [0.1, 0.15) is 11.4 Å². The van der Waals surface area contributed by atoms with Crippen molar-refractivity contribution in [2.45, 2.75) is 5.67 Å². The lowest BCUT2D eigenvalue weighted by Crippen LogP contribution is -2.47. The zero-order valence-electron chi connectivity index (χ0n) is 18.5. The number of anilines is 5. The SMILES string of the molecule is C=CC1(F)CN(c2ccccc2)c2nc(Nc3ccc(C(=O)O)cc3OC)ncc2N(C)C1=O. The molecule has 1 amide bonds. The molecule has 0 fully saturated rings. The molecule has 0 saturated heterocycles. The molecule has 2 aromatic carbocycles. The van der Waals surface area contributed by atoms with Crippen molar-refractivity contribution in [3.8, 4) is 5.75 Å². The van der Waals surface area contributed by atoms with Gasteiger partial charge in [-0.1, -0.05) is 24.8 Å². The van der Waals surface area contributed by atoms with Crippen LogP contribution >= 0.6 is 0 Å². The highest BCUT2D eigenvalue weighted by molar-refractivity contribution is 6.05. The zero-order chi connectivity index (χ0) is 24.5. The monoisotopic (exact) mass is 463 g/mol. The van der Waals surface area contributed by atoms with Crippen molar-refractivity contribution in [2.24, 2.45) is 0 Å². The summed E-state index contributed by atoms with van der Waals surface area (Å²) in [6.45, 7) is 3.20. The highest BCUT2D eigenvalue weighted by Crippen LogP contribution is 2.39. The third-order valence-corrected chi connectivity index (χ3v) is 5.50. The van der Waals surface area contributed by atoms with Gasteiger partial charge in [0, 0.05) is 12.7 Å². The maximum atomic E-state index is 15.7. The van der Waals surface area contributed by atoms with Crippen molar-refractivity contribution in [1.29, 1.82) is 0 Å². The Hall–Kier alpha value is -4.47. The molecule has 1 aromatic heterocycles. The standard InChI is InChI=1S/C24H22FN5O4/c1-4-24(25)14-30(16-8-6-5-7-9-16)20-18(29(2)22(24)33)13-26-23(28-20)27-17-11-10-15(21(31)32)12-19(17)34-3/h4-13H,1,14H2,2-3H3,(H,31,32)(H,26,27,28). The summed E-state index contributed by atoms with van der Waals surface area (Å²) in [5, 5.41) is 12.2. The topological polar surface area (TPSA) is 108 Å². The van der Waals surface area contributed by atoms with Gasteiger partial charge in [-0.15, -0.1) is 0 Å². The number of fused-ring (bicyclic) bond motifs is 1. The number of hydrogen-bond donors (Lipinski definition) is 2. The summed E-state index contributed by atoms with van der Waals surface area (Å²) >= 11 is 0. The van der Waals surface area contributed by atoms with E-state index in [1.165, 1.54) is 43.5 Å². The van der Waals surface area contributed by atoms with Crippen LogP contribution in [0.25, 0.3) is 0 Å². The number of aromatic carboxylic acids is 1. The van der Waals surface area contributed by atoms with Gasteiger partial charge in [0.05, 0.1) is 31.1 Å². The molecule has 9 nitrogen and oxygen atoms in total. The maximum absolute atomic E-state index is 15.7. The predicted molar refractivity (Wildman–Crippen MR) is 126 cm³/mol. The number of ether oxygens (including phenoxy) is 1. The van der Waals surface area contributed by atoms with Crippen LogP contribution in [0, 0.1) is 0 Å². The number of para-hydroxylation sites is 1. The van der Waals surface area contributed by atoms with Gasteiger partial charge in [0.2, 0.25) is 11.6 Å². The fraction of sp³-hybridized carbons (Fsp3) is 0.167. The molecule has 3 aromatic rings. The van der Waals surface area contributed by atoms with Crippen molar-refractivity contribution in [1.82, 2.24) is 9.97 Å². The van der Waals surface area contributed by atoms with Crippen LogP contribution in [0.1, 0.15) is 10.4 Å². The number of carboxylic acid groups (broad SMARTS) is 1. The van der Waals surface area contributed by atoms with Crippen LogP contribution in [0.2, 0.25) is 0 Å². The summed E-state index contributed by atoms with van der Waals surface area (Å²) in [6.07, 6.45) is 2.42. The smallest absolute Gasteiger partial charge is 0.335 e. The van der Waals surface area contributed by atoms with Crippen LogP contribution in [-0.4, -0.2) is 53.3 Å². The van der Waals surface area contributed by atoms with Crippen LogP contribution in [0.15, 0.2) is 67.4 Å². The molecule has 0 radical (unpaired) electrons. The summed E-state index contributed by atoms with van der Waals surface area (Å²) in [7, 11) is 2.87.